The third-order valence-corrected chi connectivity index (χ3v) is 18.1. The number of quaternary nitrogens is 3. The first-order chi connectivity index (χ1) is 43.4. The van der Waals surface area contributed by atoms with Gasteiger partial charge in [0.15, 0.2) is 19.6 Å². The molecule has 4 N–H and O–H groups in total. The Kier molecular flexibility index (Phi) is 40.1. The number of nitrogens with one attached hydrogen (secondary N) is 4. The molecule has 0 spiro atoms. The highest BCUT2D eigenvalue weighted by Crippen LogP contribution is 2.31. The minimum atomic E-state index is -0.486. The molecule has 0 bridgehead atoms. The molecule has 5 amide bonds. The Bertz CT molecular complexity index is 2970. The van der Waals surface area contributed by atoms with Crippen molar-refractivity contribution in [2.24, 2.45) is 23.7 Å². The van der Waals surface area contributed by atoms with Crippen LogP contribution in [0.25, 0.3) is 0 Å². The number of carbonyl (C=O) groups excluding carboxylic acids is 9. The van der Waals surface area contributed by atoms with Crippen LogP contribution in [0.4, 0.5) is 17.1 Å². The molecule has 0 saturated carbocycles. The molecule has 3 saturated heterocycles. The van der Waals surface area contributed by atoms with Crippen LogP contribution in [-0.4, -0.2) is 198 Å². The maximum absolute atomic E-state index is 13.2. The monoisotopic (exact) mass is 1650 g/mol. The predicted molar refractivity (Wildman–Crippen MR) is 354 cm³/mol. The summed E-state index contributed by atoms with van der Waals surface area (Å²) < 4.78 is 21.6. The number of likely N-dealkylation sites (N-methyl/N-ethyl adjacent to an activating group) is 3. The van der Waals surface area contributed by atoms with E-state index in [4.69, 9.17) is 18.9 Å². The summed E-state index contributed by atoms with van der Waals surface area (Å²) in [7, 11) is 3.98. The zero-order chi connectivity index (χ0) is 67.5. The van der Waals surface area contributed by atoms with Crippen LogP contribution in [-0.2, 0) is 47.7 Å². The van der Waals surface area contributed by atoms with Gasteiger partial charge in [0.1, 0.15) is 5.92 Å². The molecule has 6 atom stereocenters. The van der Waals surface area contributed by atoms with Gasteiger partial charge in [-0.05, 0) is 140 Å². The Morgan fingerprint density at radius 1 is 0.500 bits per heavy atom. The number of halogens is 3. The number of esters is 4. The van der Waals surface area contributed by atoms with E-state index in [0.29, 0.717) is 85.9 Å². The summed E-state index contributed by atoms with van der Waals surface area (Å²) in [4.78, 5) is 115. The molecule has 0 aliphatic carbocycles. The fourth-order valence-electron chi connectivity index (χ4n) is 12.9. The van der Waals surface area contributed by atoms with Crippen LogP contribution in [0, 0.1) is 44.4 Å². The SMILES string of the molecule is CCCN(CCC)C(=O)C1CCC[N+](CC)(CC(=O)Nc2c(C)cccc2C(=O)OC)C1.CCCOC(=O)C1CCC[N+](CC)(CC(=O)Nc2c(C)cccc2C(=O)OC)C1.CC[N+]1(CC(=O)Nc2c(C)cccc2C(=O)OC)CCCC(C(=O)NCC(C)C)C1.[I-].[I-].[I-]. The lowest BCUT2D eigenvalue weighted by Crippen LogP contribution is -3.00. The number of ether oxygens (including phenoxy) is 4. The summed E-state index contributed by atoms with van der Waals surface area (Å²) >= 11 is 0. The Balaban J connectivity index is 0.000000695. The van der Waals surface area contributed by atoms with Gasteiger partial charge in [-0.3, -0.25) is 28.8 Å². The topological polar surface area (TPSA) is 242 Å². The molecular weight excluding hydrogens is 1540 g/mol. The van der Waals surface area contributed by atoms with Crippen molar-refractivity contribution in [3.63, 3.8) is 0 Å². The second-order valence-electron chi connectivity index (χ2n) is 25.4. The van der Waals surface area contributed by atoms with E-state index < -0.39 is 17.9 Å². The Labute approximate surface area is 611 Å². The summed E-state index contributed by atoms with van der Waals surface area (Å²) in [5.41, 5.74) is 4.92. The molecule has 94 heavy (non-hydrogen) atoms. The van der Waals surface area contributed by atoms with Crippen molar-refractivity contribution in [3.05, 3.63) is 88.0 Å². The highest BCUT2D eigenvalue weighted by molar-refractivity contribution is 6.04. The Morgan fingerprint density at radius 3 is 1.17 bits per heavy atom. The molecule has 3 aromatic rings. The number of carbonyl (C=O) groups is 9. The predicted octanol–water partition coefficient (Wildman–Crippen LogP) is 0.286. The fraction of sp³-hybridized carbons (Fsp3) is 0.614. The molecule has 21 nitrogen and oxygen atoms in total. The van der Waals surface area contributed by atoms with Crippen LogP contribution < -0.4 is 93.2 Å². The minimum absolute atomic E-state index is 0. The van der Waals surface area contributed by atoms with Crippen molar-refractivity contribution < 1.29 is 147 Å². The van der Waals surface area contributed by atoms with Crippen LogP contribution in [0.2, 0.25) is 0 Å². The van der Waals surface area contributed by atoms with Crippen LogP contribution in [0.1, 0.15) is 161 Å². The number of hydrogen-bond acceptors (Lipinski definition) is 13. The van der Waals surface area contributed by atoms with E-state index in [-0.39, 0.29) is 145 Å². The zero-order valence-electron chi connectivity index (χ0n) is 58.4. The van der Waals surface area contributed by atoms with Gasteiger partial charge in [0.25, 0.3) is 17.7 Å². The van der Waals surface area contributed by atoms with E-state index in [9.17, 15) is 43.2 Å². The average molecular weight is 1650 g/mol. The second-order valence-corrected chi connectivity index (χ2v) is 25.4. The first-order valence-electron chi connectivity index (χ1n) is 33.1. The largest absolute Gasteiger partial charge is 1.00 e. The van der Waals surface area contributed by atoms with Crippen molar-refractivity contribution >= 4 is 70.5 Å². The lowest BCUT2D eigenvalue weighted by atomic mass is 9.93. The molecule has 3 aliphatic heterocycles. The number of methoxy groups -OCH3 is 3. The van der Waals surface area contributed by atoms with E-state index in [2.05, 4.69) is 62.8 Å². The van der Waals surface area contributed by atoms with E-state index in [1.165, 1.54) is 21.3 Å². The van der Waals surface area contributed by atoms with E-state index in [0.717, 1.165) is 127 Å². The van der Waals surface area contributed by atoms with Crippen LogP contribution in [0.15, 0.2) is 54.6 Å². The van der Waals surface area contributed by atoms with Gasteiger partial charge in [0.05, 0.1) is 132 Å². The molecule has 6 rings (SSSR count). The summed E-state index contributed by atoms with van der Waals surface area (Å²) in [6.45, 7) is 32.4. The number of likely N-dealkylation sites (tertiary alicyclic amines) is 3. The van der Waals surface area contributed by atoms with Crippen molar-refractivity contribution in [3.8, 4) is 0 Å². The van der Waals surface area contributed by atoms with Gasteiger partial charge < -0.3 is 130 Å². The third-order valence-electron chi connectivity index (χ3n) is 18.1. The molecule has 0 aromatic heterocycles. The van der Waals surface area contributed by atoms with Crippen LogP contribution in [0.5, 0.6) is 0 Å². The number of benzene rings is 3. The standard InChI is InChI=1S/C25H39N3O4.C23H35N3O4.C22H32N2O5.3HI/c1-6-14-27(15-7-2)24(30)20-12-10-16-28(8-3,17-20)18-22(29)26-23-19(4)11-9-13-21(23)25(31)32-5;1-6-26(12-8-10-18(14-26)22(28)24-13-16(2)3)15-20(27)25-21-17(4)9-7-11-19(21)23(29)30-5;1-5-13-29-21(26)17-10-8-12-24(6-2,14-17)15-19(25)23-20-16(3)9-7-11-18(20)22(27)28-4;;;/h9,11,13,20H,6-8,10,12,14-18H2,1-5H3;7,9,11,16,18H,6,8,10,12-15H2,1-5H3,(H-,24,25,27,28,29);7,9,11,17H,5-6,8,10,12-15H2,1-4H3;3*1H. The number of anilines is 3. The maximum atomic E-state index is 13.2. The number of aryl methyl sites for hydroxylation is 3. The van der Waals surface area contributed by atoms with Crippen molar-refractivity contribution in [2.75, 3.05) is 142 Å². The second kappa shape index (κ2) is 43.3. The number of nitrogens with zero attached hydrogens (tertiary/aromatic N) is 4. The Hall–Kier alpha value is -5.04. The highest BCUT2D eigenvalue weighted by atomic mass is 127. The average Bonchev–Trinajstić information content (AvgIpc) is 0.892. The van der Waals surface area contributed by atoms with Gasteiger partial charge in [-0.15, -0.1) is 0 Å². The summed E-state index contributed by atoms with van der Waals surface area (Å²) in [5.74, 6) is -1.62. The van der Waals surface area contributed by atoms with Crippen molar-refractivity contribution in [2.45, 2.75) is 134 Å². The van der Waals surface area contributed by atoms with E-state index in [1.54, 1.807) is 36.4 Å². The molecule has 3 aromatic carbocycles. The van der Waals surface area contributed by atoms with Gasteiger partial charge in [-0.25, -0.2) is 14.4 Å². The van der Waals surface area contributed by atoms with Gasteiger partial charge in [-0.1, -0.05) is 71.0 Å². The molecule has 3 heterocycles. The van der Waals surface area contributed by atoms with E-state index >= 15 is 0 Å². The highest BCUT2D eigenvalue weighted by Gasteiger charge is 2.43. The molecule has 6 unspecified atom stereocenters. The molecule has 3 fully saturated rings. The molecule has 528 valence electrons. The number of para-hydroxylation sites is 3. The molecular formula is C70H109I3N8O13. The molecule has 3 aliphatic rings. The van der Waals surface area contributed by atoms with Gasteiger partial charge in [0.2, 0.25) is 11.8 Å². The van der Waals surface area contributed by atoms with Gasteiger partial charge in [0, 0.05) is 19.6 Å². The summed E-state index contributed by atoms with van der Waals surface area (Å²) in [6, 6.07) is 15.8. The van der Waals surface area contributed by atoms with Gasteiger partial charge in [-0.2, -0.15) is 0 Å². The zero-order valence-corrected chi connectivity index (χ0v) is 64.9. The molecule has 24 heteroatoms. The lowest BCUT2D eigenvalue weighted by Gasteiger charge is -2.43. The van der Waals surface area contributed by atoms with Gasteiger partial charge >= 0.3 is 23.9 Å². The number of hydrogen-bond donors (Lipinski definition) is 4. The van der Waals surface area contributed by atoms with Crippen molar-refractivity contribution in [1.29, 1.82) is 0 Å². The first kappa shape index (κ1) is 87.0. The summed E-state index contributed by atoms with van der Waals surface area (Å²) in [6.07, 6.45) is 7.97. The van der Waals surface area contributed by atoms with Crippen LogP contribution in [0.3, 0.4) is 0 Å². The number of piperidine rings is 3. The first-order valence-corrected chi connectivity index (χ1v) is 33.1. The maximum Gasteiger partial charge on any atom is 0.339 e. The third kappa shape index (κ3) is 25.8. The minimum Gasteiger partial charge on any atom is -1.00 e. The van der Waals surface area contributed by atoms with Crippen LogP contribution >= 0.6 is 0 Å². The Morgan fingerprint density at radius 2 is 0.840 bits per heavy atom. The molecule has 0 radical (unpaired) electrons. The fourth-order valence-corrected chi connectivity index (χ4v) is 12.9. The number of amides is 5. The smallest absolute Gasteiger partial charge is 0.339 e. The lowest BCUT2D eigenvalue weighted by molar-refractivity contribution is -0.925. The quantitative estimate of drug-likeness (QED) is 0.0366. The van der Waals surface area contributed by atoms with E-state index in [1.807, 2.05) is 57.7 Å². The summed E-state index contributed by atoms with van der Waals surface area (Å²) in [5, 5.41) is 11.8. The normalized spacial score (nSPS) is 20.3. The number of rotatable bonds is 26. The van der Waals surface area contributed by atoms with Crippen molar-refractivity contribution in [1.82, 2.24) is 10.2 Å².